The number of nitrogens with one attached hydrogen (secondary N) is 1. The smallest absolute Gasteiger partial charge is 0.437 e. The number of halogens is 3. The summed E-state index contributed by atoms with van der Waals surface area (Å²) in [7, 11) is 0. The summed E-state index contributed by atoms with van der Waals surface area (Å²) in [6.07, 6.45) is 0.954. The SMILES string of the molecule is CCCc1c(OCCCn2ccc3cc(/C=C4/SC(=O)NC4=O)ccc32)ccc2c(C(F)(F)F)noc12. The van der Waals surface area contributed by atoms with E-state index in [1.807, 2.05) is 37.4 Å². The molecule has 0 atom stereocenters. The summed E-state index contributed by atoms with van der Waals surface area (Å²) in [4.78, 5) is 23.5. The molecule has 0 bridgehead atoms. The lowest BCUT2D eigenvalue weighted by molar-refractivity contribution is -0.141. The third-order valence-corrected chi connectivity index (χ3v) is 6.82. The van der Waals surface area contributed by atoms with E-state index >= 15 is 0 Å². The lowest BCUT2D eigenvalue weighted by Crippen LogP contribution is -2.17. The Balaban J connectivity index is 1.26. The zero-order valence-corrected chi connectivity index (χ0v) is 20.5. The second-order valence-corrected chi connectivity index (χ2v) is 9.59. The molecule has 1 aliphatic heterocycles. The predicted octanol–water partition coefficient (Wildman–Crippen LogP) is 6.55. The fourth-order valence-corrected chi connectivity index (χ4v) is 5.04. The van der Waals surface area contributed by atoms with Gasteiger partial charge in [-0.2, -0.15) is 13.2 Å². The molecule has 1 N–H and O–H groups in total. The van der Waals surface area contributed by atoms with E-state index in [1.165, 1.54) is 6.07 Å². The van der Waals surface area contributed by atoms with Gasteiger partial charge in [0.1, 0.15) is 5.75 Å². The lowest BCUT2D eigenvalue weighted by atomic mass is 10.0. The molecule has 7 nitrogen and oxygen atoms in total. The Hall–Kier alpha value is -3.73. The van der Waals surface area contributed by atoms with E-state index in [1.54, 1.807) is 12.1 Å². The topological polar surface area (TPSA) is 86.4 Å². The highest BCUT2D eigenvalue weighted by Gasteiger charge is 2.37. The molecular weight excluding hydrogens is 507 g/mol. The summed E-state index contributed by atoms with van der Waals surface area (Å²) in [5, 5.41) is 6.05. The Kier molecular flexibility index (Phi) is 6.72. The van der Waals surface area contributed by atoms with Crippen molar-refractivity contribution in [2.75, 3.05) is 6.61 Å². The zero-order valence-electron chi connectivity index (χ0n) is 19.7. The molecule has 192 valence electrons. The maximum absolute atomic E-state index is 13.2. The quantitative estimate of drug-likeness (QED) is 0.206. The van der Waals surface area contributed by atoms with Gasteiger partial charge in [-0.15, -0.1) is 0 Å². The third-order valence-electron chi connectivity index (χ3n) is 6.01. The molecule has 0 saturated carbocycles. The van der Waals surface area contributed by atoms with Gasteiger partial charge >= 0.3 is 6.18 Å². The number of hydrogen-bond acceptors (Lipinski definition) is 6. The molecule has 2 aromatic heterocycles. The molecule has 0 spiro atoms. The van der Waals surface area contributed by atoms with E-state index in [2.05, 4.69) is 15.0 Å². The number of alkyl halides is 3. The number of amides is 2. The molecular formula is C26H22F3N3O4S. The van der Waals surface area contributed by atoms with Crippen LogP contribution in [0.5, 0.6) is 5.75 Å². The van der Waals surface area contributed by atoms with E-state index in [4.69, 9.17) is 9.26 Å². The molecule has 37 heavy (non-hydrogen) atoms. The van der Waals surface area contributed by atoms with Crippen molar-refractivity contribution < 1.29 is 32.0 Å². The van der Waals surface area contributed by atoms with Crippen LogP contribution in [0.15, 0.2) is 52.0 Å². The highest BCUT2D eigenvalue weighted by atomic mass is 32.2. The molecule has 0 radical (unpaired) electrons. The van der Waals surface area contributed by atoms with Crippen LogP contribution in [0.2, 0.25) is 0 Å². The van der Waals surface area contributed by atoms with E-state index < -0.39 is 17.8 Å². The number of hydrogen-bond donors (Lipinski definition) is 1. The molecule has 3 heterocycles. The number of ether oxygens (including phenoxy) is 1. The Labute approximate surface area is 213 Å². The Bertz CT molecular complexity index is 1540. The minimum atomic E-state index is -4.59. The number of aryl methyl sites for hydroxylation is 2. The highest BCUT2D eigenvalue weighted by Crippen LogP contribution is 2.38. The zero-order chi connectivity index (χ0) is 26.2. The molecule has 4 aromatic rings. The maximum Gasteiger partial charge on any atom is 0.437 e. The van der Waals surface area contributed by atoms with Crippen molar-refractivity contribution in [2.45, 2.75) is 38.9 Å². The van der Waals surface area contributed by atoms with E-state index in [9.17, 15) is 22.8 Å². The number of fused-ring (bicyclic) bond motifs is 2. The van der Waals surface area contributed by atoms with Gasteiger partial charge in [0, 0.05) is 29.2 Å². The number of thioether (sulfide) groups is 1. The number of aromatic nitrogens is 2. The summed E-state index contributed by atoms with van der Waals surface area (Å²) in [5.74, 6) is 0.111. The van der Waals surface area contributed by atoms with Gasteiger partial charge in [0.25, 0.3) is 11.1 Å². The summed E-state index contributed by atoms with van der Waals surface area (Å²) >= 11 is 0.881. The fraction of sp³-hybridized carbons (Fsp3) is 0.269. The van der Waals surface area contributed by atoms with Crippen LogP contribution >= 0.6 is 11.8 Å². The number of nitrogens with zero attached hydrogens (tertiary/aromatic N) is 2. The lowest BCUT2D eigenvalue weighted by Gasteiger charge is -2.12. The van der Waals surface area contributed by atoms with E-state index in [0.717, 1.165) is 28.2 Å². The van der Waals surface area contributed by atoms with Crippen LogP contribution in [0, 0.1) is 0 Å². The average molecular weight is 530 g/mol. The van der Waals surface area contributed by atoms with Crippen LogP contribution in [0.3, 0.4) is 0 Å². The first-order valence-electron chi connectivity index (χ1n) is 11.7. The minimum absolute atomic E-state index is 0.0594. The number of imide groups is 1. The third kappa shape index (κ3) is 5.08. The van der Waals surface area contributed by atoms with Crippen LogP contribution in [0.4, 0.5) is 18.0 Å². The second kappa shape index (κ2) is 9.97. The van der Waals surface area contributed by atoms with Crippen LogP contribution in [-0.2, 0) is 23.9 Å². The fourth-order valence-electron chi connectivity index (χ4n) is 4.36. The van der Waals surface area contributed by atoms with Gasteiger partial charge in [0.15, 0.2) is 11.3 Å². The number of benzene rings is 2. The Morgan fingerprint density at radius 3 is 2.76 bits per heavy atom. The molecule has 0 unspecified atom stereocenters. The normalized spacial score (nSPS) is 15.3. The molecule has 11 heteroatoms. The number of carbonyl (C=O) groups excluding carboxylic acids is 2. The highest BCUT2D eigenvalue weighted by molar-refractivity contribution is 8.18. The van der Waals surface area contributed by atoms with Crippen LogP contribution in [0.1, 0.15) is 36.6 Å². The maximum atomic E-state index is 13.2. The molecule has 1 aliphatic rings. The molecule has 2 amide bonds. The Morgan fingerprint density at radius 2 is 2.03 bits per heavy atom. The molecule has 5 rings (SSSR count). The first-order valence-corrected chi connectivity index (χ1v) is 12.5. The van der Waals surface area contributed by atoms with Crippen molar-refractivity contribution in [1.29, 1.82) is 0 Å². The molecule has 2 aromatic carbocycles. The van der Waals surface area contributed by atoms with Gasteiger partial charge in [-0.05, 0) is 66.6 Å². The van der Waals surface area contributed by atoms with Gasteiger partial charge < -0.3 is 13.8 Å². The van der Waals surface area contributed by atoms with Crippen molar-refractivity contribution in [1.82, 2.24) is 15.0 Å². The van der Waals surface area contributed by atoms with Crippen LogP contribution in [0.25, 0.3) is 27.9 Å². The molecule has 1 saturated heterocycles. The van der Waals surface area contributed by atoms with Crippen LogP contribution < -0.4 is 10.1 Å². The summed E-state index contributed by atoms with van der Waals surface area (Å²) in [6, 6.07) is 10.7. The first kappa shape index (κ1) is 24.9. The largest absolute Gasteiger partial charge is 0.493 e. The summed E-state index contributed by atoms with van der Waals surface area (Å²) < 4.78 is 52.8. The van der Waals surface area contributed by atoms with Crippen molar-refractivity contribution in [3.63, 3.8) is 0 Å². The van der Waals surface area contributed by atoms with Crippen molar-refractivity contribution in [2.24, 2.45) is 0 Å². The molecule has 0 aliphatic carbocycles. The van der Waals surface area contributed by atoms with Gasteiger partial charge in [-0.3, -0.25) is 14.9 Å². The van der Waals surface area contributed by atoms with Crippen molar-refractivity contribution in [3.05, 3.63) is 64.3 Å². The monoisotopic (exact) mass is 529 g/mol. The summed E-state index contributed by atoms with van der Waals surface area (Å²) in [5.41, 5.74) is 1.51. The van der Waals surface area contributed by atoms with E-state index in [-0.39, 0.29) is 16.2 Å². The number of rotatable bonds is 8. The van der Waals surface area contributed by atoms with Gasteiger partial charge in [0.2, 0.25) is 0 Å². The minimum Gasteiger partial charge on any atom is -0.493 e. The Morgan fingerprint density at radius 1 is 1.19 bits per heavy atom. The summed E-state index contributed by atoms with van der Waals surface area (Å²) in [6.45, 7) is 2.97. The first-order chi connectivity index (χ1) is 17.7. The second-order valence-electron chi connectivity index (χ2n) is 8.58. The average Bonchev–Trinajstić information content (AvgIpc) is 3.54. The van der Waals surface area contributed by atoms with Gasteiger partial charge in [0.05, 0.1) is 16.9 Å². The van der Waals surface area contributed by atoms with Crippen molar-refractivity contribution in [3.8, 4) is 5.75 Å². The predicted molar refractivity (Wildman–Crippen MR) is 134 cm³/mol. The van der Waals surface area contributed by atoms with Crippen LogP contribution in [-0.4, -0.2) is 27.5 Å². The van der Waals surface area contributed by atoms with E-state index in [0.29, 0.717) is 48.6 Å². The van der Waals surface area contributed by atoms with Crippen molar-refractivity contribution >= 4 is 50.9 Å². The molecule has 1 fully saturated rings. The van der Waals surface area contributed by atoms with Gasteiger partial charge in [-0.1, -0.05) is 24.6 Å². The van der Waals surface area contributed by atoms with Gasteiger partial charge in [-0.25, -0.2) is 0 Å². The standard InChI is InChI=1S/C26H22F3N3O4S/c1-2-4-17-20(8-6-18-22(17)36-31-23(18)26(27,28)29)35-12-3-10-32-11-9-16-13-15(5-7-19(16)32)14-21-24(33)30-25(34)37-21/h5-9,11,13-14H,2-4,10,12H2,1H3,(H,30,33,34)/b21-14+. The number of carbonyl (C=O) groups is 2.